The molecule has 0 saturated carbocycles. The van der Waals surface area contributed by atoms with Crippen LogP contribution in [-0.4, -0.2) is 37.7 Å². The van der Waals surface area contributed by atoms with Crippen LogP contribution in [-0.2, 0) is 4.74 Å². The Hall–Kier alpha value is -0.0800. The van der Waals surface area contributed by atoms with E-state index in [1.807, 2.05) is 0 Å². The van der Waals surface area contributed by atoms with Crippen LogP contribution in [0.5, 0.6) is 0 Å². The van der Waals surface area contributed by atoms with Crippen molar-refractivity contribution in [3.8, 4) is 0 Å². The third-order valence-electron chi connectivity index (χ3n) is 2.49. The third-order valence-corrected chi connectivity index (χ3v) is 2.49. The molecule has 0 amide bonds. The summed E-state index contributed by atoms with van der Waals surface area (Å²) >= 11 is 0. The zero-order valence-corrected chi connectivity index (χ0v) is 7.68. The first kappa shape index (κ1) is 9.01. The maximum absolute atomic E-state index is 5.17. The molecule has 0 spiro atoms. The lowest BCUT2D eigenvalue weighted by Gasteiger charge is -2.25. The second kappa shape index (κ2) is 4.73. The van der Waals surface area contributed by atoms with E-state index in [1.165, 1.54) is 32.4 Å². The number of rotatable bonds is 4. The molecule has 2 nitrogen and oxygen atoms in total. The lowest BCUT2D eigenvalue weighted by molar-refractivity contribution is 0.103. The van der Waals surface area contributed by atoms with Gasteiger partial charge in [-0.1, -0.05) is 6.92 Å². The van der Waals surface area contributed by atoms with Crippen LogP contribution in [0, 0.1) is 0 Å². The molecular formula is C9H19NO. The highest BCUT2D eigenvalue weighted by Gasteiger charge is 2.19. The molecule has 1 fully saturated rings. The van der Waals surface area contributed by atoms with Gasteiger partial charge in [-0.3, -0.25) is 4.90 Å². The third kappa shape index (κ3) is 2.46. The minimum absolute atomic E-state index is 0.669. The lowest BCUT2D eigenvalue weighted by Crippen LogP contribution is -2.35. The monoisotopic (exact) mass is 157 g/mol. The van der Waals surface area contributed by atoms with Crippen LogP contribution in [0.25, 0.3) is 0 Å². The Labute approximate surface area is 69.5 Å². The first-order chi connectivity index (χ1) is 5.38. The van der Waals surface area contributed by atoms with Gasteiger partial charge < -0.3 is 4.74 Å². The van der Waals surface area contributed by atoms with Crippen molar-refractivity contribution < 1.29 is 4.74 Å². The summed E-state index contributed by atoms with van der Waals surface area (Å²) in [5.41, 5.74) is 0. The number of ether oxygens (including phenoxy) is 1. The van der Waals surface area contributed by atoms with E-state index in [2.05, 4.69) is 11.8 Å². The fraction of sp³-hybridized carbons (Fsp3) is 1.00. The molecule has 66 valence electrons. The minimum Gasteiger partial charge on any atom is -0.383 e. The van der Waals surface area contributed by atoms with Crippen LogP contribution >= 0.6 is 0 Å². The van der Waals surface area contributed by atoms with E-state index in [1.54, 1.807) is 7.11 Å². The number of nitrogens with zero attached hydrogens (tertiary/aromatic N) is 1. The molecule has 0 radical (unpaired) electrons. The van der Waals surface area contributed by atoms with Crippen molar-refractivity contribution >= 4 is 0 Å². The Balaban J connectivity index is 2.27. The second-order valence-corrected chi connectivity index (χ2v) is 3.26. The summed E-state index contributed by atoms with van der Waals surface area (Å²) in [5.74, 6) is 0. The minimum atomic E-state index is 0.669. The van der Waals surface area contributed by atoms with Crippen LogP contribution in [0.4, 0.5) is 0 Å². The summed E-state index contributed by atoms with van der Waals surface area (Å²) in [7, 11) is 1.79. The maximum atomic E-state index is 5.17. The number of hydrogen-bond acceptors (Lipinski definition) is 2. The molecule has 1 heterocycles. The Morgan fingerprint density at radius 3 is 2.45 bits per heavy atom. The molecule has 0 bridgehead atoms. The molecular weight excluding hydrogens is 138 g/mol. The van der Waals surface area contributed by atoms with Crippen LogP contribution in [0.1, 0.15) is 26.2 Å². The summed E-state index contributed by atoms with van der Waals surface area (Å²) in [6.45, 7) is 5.70. The molecule has 0 aromatic heterocycles. The quantitative estimate of drug-likeness (QED) is 0.613. The largest absolute Gasteiger partial charge is 0.383 e. The van der Waals surface area contributed by atoms with Gasteiger partial charge in [0.15, 0.2) is 0 Å². The zero-order valence-electron chi connectivity index (χ0n) is 7.68. The topological polar surface area (TPSA) is 12.5 Å². The van der Waals surface area contributed by atoms with Gasteiger partial charge in [-0.25, -0.2) is 0 Å². The van der Waals surface area contributed by atoms with Gasteiger partial charge in [0.1, 0.15) is 0 Å². The van der Waals surface area contributed by atoms with Gasteiger partial charge in [-0.15, -0.1) is 0 Å². The predicted molar refractivity (Wildman–Crippen MR) is 46.8 cm³/mol. The van der Waals surface area contributed by atoms with E-state index >= 15 is 0 Å². The van der Waals surface area contributed by atoms with E-state index in [0.29, 0.717) is 6.04 Å². The Morgan fingerprint density at radius 2 is 2.00 bits per heavy atom. The Kier molecular flexibility index (Phi) is 3.87. The van der Waals surface area contributed by atoms with Crippen molar-refractivity contribution in [3.63, 3.8) is 0 Å². The lowest BCUT2D eigenvalue weighted by atomic mass is 10.2. The molecule has 1 saturated heterocycles. The molecule has 0 aromatic rings. The number of likely N-dealkylation sites (tertiary alicyclic amines) is 1. The highest BCUT2D eigenvalue weighted by Crippen LogP contribution is 2.13. The van der Waals surface area contributed by atoms with E-state index in [-0.39, 0.29) is 0 Å². The van der Waals surface area contributed by atoms with Crippen LogP contribution in [0.15, 0.2) is 0 Å². The molecule has 11 heavy (non-hydrogen) atoms. The van der Waals surface area contributed by atoms with Crippen LogP contribution in [0.3, 0.4) is 0 Å². The fourth-order valence-corrected chi connectivity index (χ4v) is 1.78. The van der Waals surface area contributed by atoms with E-state index in [9.17, 15) is 0 Å². The average Bonchev–Trinajstić information content (AvgIpc) is 2.52. The molecule has 1 rings (SSSR count). The Bertz CT molecular complexity index is 99.7. The van der Waals surface area contributed by atoms with Gasteiger partial charge in [0.25, 0.3) is 0 Å². The average molecular weight is 157 g/mol. The van der Waals surface area contributed by atoms with Crippen molar-refractivity contribution in [2.24, 2.45) is 0 Å². The second-order valence-electron chi connectivity index (χ2n) is 3.26. The highest BCUT2D eigenvalue weighted by molar-refractivity contribution is 4.74. The van der Waals surface area contributed by atoms with E-state index in [4.69, 9.17) is 4.74 Å². The Morgan fingerprint density at radius 1 is 1.36 bits per heavy atom. The van der Waals surface area contributed by atoms with Crippen molar-refractivity contribution in [2.75, 3.05) is 26.8 Å². The summed E-state index contributed by atoms with van der Waals surface area (Å²) in [4.78, 5) is 2.55. The first-order valence-electron chi connectivity index (χ1n) is 4.61. The molecule has 1 atom stereocenters. The van der Waals surface area contributed by atoms with Crippen LogP contribution < -0.4 is 0 Å². The standard InChI is InChI=1S/C9H19NO/c1-3-9(8-11-2)10-6-4-5-7-10/h9H,3-8H2,1-2H3/t9-/m1/s1. The summed E-state index contributed by atoms with van der Waals surface area (Å²) < 4.78 is 5.17. The van der Waals surface area contributed by atoms with Crippen LogP contribution in [0.2, 0.25) is 0 Å². The number of hydrogen-bond donors (Lipinski definition) is 0. The van der Waals surface area contributed by atoms with E-state index in [0.717, 1.165) is 6.61 Å². The van der Waals surface area contributed by atoms with E-state index < -0.39 is 0 Å². The molecule has 0 aromatic carbocycles. The summed E-state index contributed by atoms with van der Waals surface area (Å²) in [5, 5.41) is 0. The SMILES string of the molecule is CC[C@H](COC)N1CCCC1. The predicted octanol–water partition coefficient (Wildman–Crippen LogP) is 1.51. The van der Waals surface area contributed by atoms with Crippen molar-refractivity contribution in [1.29, 1.82) is 0 Å². The van der Waals surface area contributed by atoms with Crippen molar-refractivity contribution in [1.82, 2.24) is 4.90 Å². The first-order valence-corrected chi connectivity index (χ1v) is 4.61. The van der Waals surface area contributed by atoms with Crippen molar-refractivity contribution in [3.05, 3.63) is 0 Å². The van der Waals surface area contributed by atoms with Gasteiger partial charge in [-0.05, 0) is 32.4 Å². The van der Waals surface area contributed by atoms with Gasteiger partial charge in [-0.2, -0.15) is 0 Å². The summed E-state index contributed by atoms with van der Waals surface area (Å²) in [6, 6.07) is 0.669. The fourth-order valence-electron chi connectivity index (χ4n) is 1.78. The smallest absolute Gasteiger partial charge is 0.0617 e. The molecule has 2 heteroatoms. The van der Waals surface area contributed by atoms with Gasteiger partial charge >= 0.3 is 0 Å². The molecule has 1 aliphatic rings. The molecule has 0 unspecified atom stereocenters. The molecule has 0 aliphatic carbocycles. The normalized spacial score (nSPS) is 22.4. The van der Waals surface area contributed by atoms with Gasteiger partial charge in [0.05, 0.1) is 6.61 Å². The number of methoxy groups -OCH3 is 1. The van der Waals surface area contributed by atoms with Gasteiger partial charge in [0, 0.05) is 13.2 Å². The maximum Gasteiger partial charge on any atom is 0.0617 e. The zero-order chi connectivity index (χ0) is 8.10. The highest BCUT2D eigenvalue weighted by atomic mass is 16.5. The van der Waals surface area contributed by atoms with Gasteiger partial charge in [0.2, 0.25) is 0 Å². The molecule has 0 N–H and O–H groups in total. The molecule has 1 aliphatic heterocycles. The summed E-state index contributed by atoms with van der Waals surface area (Å²) in [6.07, 6.45) is 3.97. The van der Waals surface area contributed by atoms with Crippen molar-refractivity contribution in [2.45, 2.75) is 32.2 Å².